The lowest BCUT2D eigenvalue weighted by molar-refractivity contribution is -0.134. The summed E-state index contributed by atoms with van der Waals surface area (Å²) in [6.07, 6.45) is 1.50. The van der Waals surface area contributed by atoms with Crippen molar-refractivity contribution < 1.29 is 9.59 Å². The van der Waals surface area contributed by atoms with Crippen LogP contribution in [0.5, 0.6) is 0 Å². The lowest BCUT2D eigenvalue weighted by Crippen LogP contribution is -2.44. The van der Waals surface area contributed by atoms with Crippen molar-refractivity contribution in [2.24, 2.45) is 11.8 Å². The van der Waals surface area contributed by atoms with Crippen molar-refractivity contribution in [2.45, 2.75) is 39.7 Å². The van der Waals surface area contributed by atoms with Gasteiger partial charge in [-0.05, 0) is 23.8 Å². The highest BCUT2D eigenvalue weighted by Crippen LogP contribution is 2.24. The molecule has 1 aliphatic rings. The Kier molecular flexibility index (Phi) is 5.58. The summed E-state index contributed by atoms with van der Waals surface area (Å²) in [6.45, 7) is 7.53. The third-order valence-corrected chi connectivity index (χ3v) is 4.18. The van der Waals surface area contributed by atoms with Gasteiger partial charge in [-0.3, -0.25) is 9.59 Å². The molecule has 1 fully saturated rings. The molecule has 22 heavy (non-hydrogen) atoms. The van der Waals surface area contributed by atoms with E-state index in [1.165, 1.54) is 13.3 Å². The molecule has 1 saturated heterocycles. The van der Waals surface area contributed by atoms with E-state index >= 15 is 0 Å². The van der Waals surface area contributed by atoms with Gasteiger partial charge in [0, 0.05) is 20.0 Å². The number of likely N-dealkylation sites (tertiary alicyclic amines) is 1. The Bertz CT molecular complexity index is 505. The van der Waals surface area contributed by atoms with Gasteiger partial charge in [0.2, 0.25) is 11.8 Å². The SMILES string of the molecule is CC(=O)NC(CC(=O)N1CC(C)CC(C)C1)c1ccccc1. The van der Waals surface area contributed by atoms with Crippen LogP contribution in [0.1, 0.15) is 45.2 Å². The molecule has 4 nitrogen and oxygen atoms in total. The van der Waals surface area contributed by atoms with Crippen molar-refractivity contribution in [3.8, 4) is 0 Å². The van der Waals surface area contributed by atoms with E-state index in [-0.39, 0.29) is 17.9 Å². The Balaban J connectivity index is 2.06. The smallest absolute Gasteiger partial charge is 0.225 e. The molecule has 1 aromatic carbocycles. The Morgan fingerprint density at radius 3 is 2.32 bits per heavy atom. The number of hydrogen-bond acceptors (Lipinski definition) is 2. The average Bonchev–Trinajstić information content (AvgIpc) is 2.46. The van der Waals surface area contributed by atoms with E-state index in [9.17, 15) is 9.59 Å². The van der Waals surface area contributed by atoms with Crippen molar-refractivity contribution in [3.05, 3.63) is 35.9 Å². The Labute approximate surface area is 132 Å². The number of benzene rings is 1. The maximum atomic E-state index is 12.6. The molecule has 0 radical (unpaired) electrons. The molecule has 3 unspecified atom stereocenters. The third kappa shape index (κ3) is 4.58. The second-order valence-corrected chi connectivity index (χ2v) is 6.61. The van der Waals surface area contributed by atoms with E-state index in [1.54, 1.807) is 0 Å². The summed E-state index contributed by atoms with van der Waals surface area (Å²) >= 11 is 0. The topological polar surface area (TPSA) is 49.4 Å². The summed E-state index contributed by atoms with van der Waals surface area (Å²) < 4.78 is 0. The summed E-state index contributed by atoms with van der Waals surface area (Å²) in [5.41, 5.74) is 0.976. The molecular formula is C18H26N2O2. The van der Waals surface area contributed by atoms with E-state index in [0.717, 1.165) is 18.7 Å². The van der Waals surface area contributed by atoms with Crippen molar-refractivity contribution >= 4 is 11.8 Å². The monoisotopic (exact) mass is 302 g/mol. The Morgan fingerprint density at radius 1 is 1.18 bits per heavy atom. The summed E-state index contributed by atoms with van der Waals surface area (Å²) in [5.74, 6) is 1.11. The van der Waals surface area contributed by atoms with E-state index in [0.29, 0.717) is 18.3 Å². The predicted octanol–water partition coefficient (Wildman–Crippen LogP) is 2.76. The first-order valence-electron chi connectivity index (χ1n) is 8.05. The highest BCUT2D eigenvalue weighted by Gasteiger charge is 2.27. The number of nitrogens with zero attached hydrogens (tertiary/aromatic N) is 1. The molecule has 4 heteroatoms. The first-order chi connectivity index (χ1) is 10.5. The Hall–Kier alpha value is -1.84. The first kappa shape index (κ1) is 16.5. The molecule has 0 aromatic heterocycles. The number of carbonyl (C=O) groups excluding carboxylic acids is 2. The second-order valence-electron chi connectivity index (χ2n) is 6.61. The van der Waals surface area contributed by atoms with Crippen molar-refractivity contribution in [2.75, 3.05) is 13.1 Å². The molecule has 0 aliphatic carbocycles. The summed E-state index contributed by atoms with van der Waals surface area (Å²) in [7, 11) is 0. The van der Waals surface area contributed by atoms with Gasteiger partial charge in [0.15, 0.2) is 0 Å². The van der Waals surface area contributed by atoms with Crippen LogP contribution in [0.15, 0.2) is 30.3 Å². The number of carbonyl (C=O) groups is 2. The van der Waals surface area contributed by atoms with Crippen LogP contribution in [0.25, 0.3) is 0 Å². The fourth-order valence-corrected chi connectivity index (χ4v) is 3.35. The highest BCUT2D eigenvalue weighted by atomic mass is 16.2. The lowest BCUT2D eigenvalue weighted by Gasteiger charge is -2.35. The molecule has 2 amide bonds. The van der Waals surface area contributed by atoms with Crippen LogP contribution in [0, 0.1) is 11.8 Å². The predicted molar refractivity (Wildman–Crippen MR) is 87.1 cm³/mol. The van der Waals surface area contributed by atoms with Gasteiger partial charge < -0.3 is 10.2 Å². The summed E-state index contributed by atoms with van der Waals surface area (Å²) in [6, 6.07) is 9.45. The molecule has 1 heterocycles. The third-order valence-electron chi connectivity index (χ3n) is 4.18. The molecule has 1 aliphatic heterocycles. The van der Waals surface area contributed by atoms with Gasteiger partial charge >= 0.3 is 0 Å². The highest BCUT2D eigenvalue weighted by molar-refractivity contribution is 5.79. The van der Waals surface area contributed by atoms with Crippen LogP contribution in [0.2, 0.25) is 0 Å². The minimum atomic E-state index is -0.251. The van der Waals surface area contributed by atoms with Gasteiger partial charge in [-0.2, -0.15) is 0 Å². The van der Waals surface area contributed by atoms with Gasteiger partial charge in [0.05, 0.1) is 12.5 Å². The minimum Gasteiger partial charge on any atom is -0.349 e. The zero-order valence-electron chi connectivity index (χ0n) is 13.7. The normalized spacial score (nSPS) is 23.0. The first-order valence-corrected chi connectivity index (χ1v) is 8.05. The van der Waals surface area contributed by atoms with Gasteiger partial charge in [-0.25, -0.2) is 0 Å². The molecule has 1 aromatic rings. The number of piperidine rings is 1. The molecule has 0 spiro atoms. The van der Waals surface area contributed by atoms with Gasteiger partial charge in [0.1, 0.15) is 0 Å². The van der Waals surface area contributed by atoms with E-state index in [4.69, 9.17) is 0 Å². The number of hydrogen-bond donors (Lipinski definition) is 1. The molecule has 3 atom stereocenters. The van der Waals surface area contributed by atoms with Crippen LogP contribution in [-0.4, -0.2) is 29.8 Å². The molecule has 2 rings (SSSR count). The number of nitrogens with one attached hydrogen (secondary N) is 1. The van der Waals surface area contributed by atoms with Crippen LogP contribution in [0.3, 0.4) is 0 Å². The van der Waals surface area contributed by atoms with Gasteiger partial charge in [-0.1, -0.05) is 44.2 Å². The van der Waals surface area contributed by atoms with Crippen LogP contribution >= 0.6 is 0 Å². The van der Waals surface area contributed by atoms with Crippen LogP contribution < -0.4 is 5.32 Å². The van der Waals surface area contributed by atoms with Crippen molar-refractivity contribution in [1.29, 1.82) is 0 Å². The maximum Gasteiger partial charge on any atom is 0.225 e. The maximum absolute atomic E-state index is 12.6. The Morgan fingerprint density at radius 2 is 1.77 bits per heavy atom. The summed E-state index contributed by atoms with van der Waals surface area (Å²) in [4.78, 5) is 26.0. The van der Waals surface area contributed by atoms with Crippen LogP contribution in [0.4, 0.5) is 0 Å². The summed E-state index contributed by atoms with van der Waals surface area (Å²) in [5, 5.41) is 2.90. The molecule has 0 bridgehead atoms. The standard InChI is InChI=1S/C18H26N2O2/c1-13-9-14(2)12-20(11-13)18(22)10-17(19-15(3)21)16-7-5-4-6-8-16/h4-8,13-14,17H,9-12H2,1-3H3,(H,19,21). The van der Waals surface area contributed by atoms with Crippen molar-refractivity contribution in [3.63, 3.8) is 0 Å². The lowest BCUT2D eigenvalue weighted by atomic mass is 9.91. The van der Waals surface area contributed by atoms with Crippen LogP contribution in [-0.2, 0) is 9.59 Å². The number of amides is 2. The fraction of sp³-hybridized carbons (Fsp3) is 0.556. The van der Waals surface area contributed by atoms with E-state index in [2.05, 4.69) is 19.2 Å². The van der Waals surface area contributed by atoms with E-state index in [1.807, 2.05) is 35.2 Å². The average molecular weight is 302 g/mol. The number of rotatable bonds is 4. The zero-order chi connectivity index (χ0) is 16.1. The molecule has 120 valence electrons. The van der Waals surface area contributed by atoms with E-state index < -0.39 is 0 Å². The molecule has 0 saturated carbocycles. The molecule has 1 N–H and O–H groups in total. The second kappa shape index (κ2) is 7.43. The van der Waals surface area contributed by atoms with Gasteiger partial charge in [0.25, 0.3) is 0 Å². The quantitative estimate of drug-likeness (QED) is 0.929. The minimum absolute atomic E-state index is 0.109. The fourth-order valence-electron chi connectivity index (χ4n) is 3.35. The van der Waals surface area contributed by atoms with Gasteiger partial charge in [-0.15, -0.1) is 0 Å². The largest absolute Gasteiger partial charge is 0.349 e. The zero-order valence-corrected chi connectivity index (χ0v) is 13.7. The van der Waals surface area contributed by atoms with Crippen molar-refractivity contribution in [1.82, 2.24) is 10.2 Å². The molecular weight excluding hydrogens is 276 g/mol.